The van der Waals surface area contributed by atoms with E-state index in [0.717, 1.165) is 6.26 Å². The number of nitrogens with one attached hydrogen (secondary N) is 1. The van der Waals surface area contributed by atoms with Gasteiger partial charge in [-0.2, -0.15) is 4.72 Å². The first kappa shape index (κ1) is 19.8. The van der Waals surface area contributed by atoms with Crippen LogP contribution in [0.1, 0.15) is 32.2 Å². The fraction of sp³-hybridized carbons (Fsp3) is 0.429. The van der Waals surface area contributed by atoms with Crippen molar-refractivity contribution in [3.05, 3.63) is 35.2 Å². The minimum absolute atomic E-state index is 0.0174. The van der Waals surface area contributed by atoms with Crippen LogP contribution in [0, 0.1) is 5.92 Å². The van der Waals surface area contributed by atoms with Crippen LogP contribution in [0.4, 0.5) is 0 Å². The van der Waals surface area contributed by atoms with Crippen molar-refractivity contribution in [2.45, 2.75) is 36.4 Å². The lowest BCUT2D eigenvalue weighted by atomic mass is 10.0. The quantitative estimate of drug-likeness (QED) is 0.746. The highest BCUT2D eigenvalue weighted by molar-refractivity contribution is 7.90. The Balaban J connectivity index is 2.40. The Morgan fingerprint density at radius 2 is 1.92 bits per heavy atom. The lowest BCUT2D eigenvalue weighted by molar-refractivity contribution is 0.312. The molecule has 11 heteroatoms. The average Bonchev–Trinajstić information content (AvgIpc) is 3.02. The van der Waals surface area contributed by atoms with Gasteiger partial charge in [0.25, 0.3) is 0 Å². The predicted molar refractivity (Wildman–Crippen MR) is 91.4 cm³/mol. The Morgan fingerprint density at radius 1 is 1.24 bits per heavy atom. The number of benzene rings is 1. The largest absolute Gasteiger partial charge is 0.411 e. The molecule has 2 rings (SSSR count). The van der Waals surface area contributed by atoms with E-state index in [1.807, 2.05) is 6.92 Å². The molecule has 2 aromatic rings. The van der Waals surface area contributed by atoms with Crippen LogP contribution in [0.15, 0.2) is 38.8 Å². The van der Waals surface area contributed by atoms with E-state index in [2.05, 4.69) is 14.9 Å². The third-order valence-electron chi connectivity index (χ3n) is 3.61. The minimum Gasteiger partial charge on any atom is -0.411 e. The fourth-order valence-corrected chi connectivity index (χ4v) is 4.04. The Morgan fingerprint density at radius 3 is 2.44 bits per heavy atom. The first-order valence-electron chi connectivity index (χ1n) is 7.36. The number of hydrogen-bond donors (Lipinski definition) is 1. The molecule has 1 aromatic heterocycles. The van der Waals surface area contributed by atoms with Gasteiger partial charge in [0.15, 0.2) is 0 Å². The van der Waals surface area contributed by atoms with Crippen molar-refractivity contribution in [3.8, 4) is 0 Å². The monoisotopic (exact) mass is 407 g/mol. The molecule has 0 saturated carbocycles. The second-order valence-corrected chi connectivity index (χ2v) is 9.66. The molecule has 0 aliphatic carbocycles. The number of rotatable bonds is 7. The zero-order valence-electron chi connectivity index (χ0n) is 13.8. The maximum atomic E-state index is 12.6. The van der Waals surface area contributed by atoms with E-state index < -0.39 is 31.1 Å². The smallest absolute Gasteiger partial charge is 0.335 e. The van der Waals surface area contributed by atoms with Crippen LogP contribution in [0.5, 0.6) is 0 Å². The summed E-state index contributed by atoms with van der Waals surface area (Å²) >= 11 is 5.85. The van der Waals surface area contributed by atoms with Crippen molar-refractivity contribution < 1.29 is 21.3 Å². The van der Waals surface area contributed by atoms with Crippen LogP contribution in [0.25, 0.3) is 0 Å². The second kappa shape index (κ2) is 7.40. The molecule has 0 spiro atoms. The number of sulfone groups is 1. The third kappa shape index (κ3) is 4.78. The van der Waals surface area contributed by atoms with E-state index in [0.29, 0.717) is 6.42 Å². The molecular weight excluding hydrogens is 390 g/mol. The highest BCUT2D eigenvalue weighted by Crippen LogP contribution is 2.27. The van der Waals surface area contributed by atoms with Crippen LogP contribution < -0.4 is 4.72 Å². The molecule has 0 saturated heterocycles. The van der Waals surface area contributed by atoms with Gasteiger partial charge < -0.3 is 4.42 Å². The Hall–Kier alpha value is -1.49. The van der Waals surface area contributed by atoms with Gasteiger partial charge in [0.1, 0.15) is 6.04 Å². The number of sulfonamides is 1. The summed E-state index contributed by atoms with van der Waals surface area (Å²) in [5.41, 5.74) is 0. The van der Waals surface area contributed by atoms with Crippen molar-refractivity contribution in [3.63, 3.8) is 0 Å². The molecule has 138 valence electrons. The van der Waals surface area contributed by atoms with Crippen molar-refractivity contribution >= 4 is 31.5 Å². The summed E-state index contributed by atoms with van der Waals surface area (Å²) in [5.74, 6) is -0.331. The number of hydrogen-bond acceptors (Lipinski definition) is 7. The maximum absolute atomic E-state index is 12.6. The normalized spacial score (nSPS) is 15.0. The van der Waals surface area contributed by atoms with E-state index in [1.54, 1.807) is 13.0 Å². The molecule has 0 unspecified atom stereocenters. The maximum Gasteiger partial charge on any atom is 0.335 e. The van der Waals surface area contributed by atoms with Gasteiger partial charge >= 0.3 is 5.22 Å². The van der Waals surface area contributed by atoms with E-state index in [4.69, 9.17) is 16.0 Å². The van der Waals surface area contributed by atoms with Gasteiger partial charge in [0.2, 0.25) is 25.8 Å². The molecule has 0 bridgehead atoms. The number of nitrogens with zero attached hydrogens (tertiary/aromatic N) is 2. The molecule has 1 aromatic carbocycles. The molecule has 0 aliphatic rings. The zero-order chi connectivity index (χ0) is 18.8. The SMILES string of the molecule is CC[C@@H](C)[C@H](NS(=O)(=O)c1cccc(Cl)c1)c1nnc(S(C)(=O)=O)o1. The lowest BCUT2D eigenvalue weighted by Crippen LogP contribution is -2.32. The second-order valence-electron chi connectivity index (χ2n) is 5.62. The van der Waals surface area contributed by atoms with Crippen molar-refractivity contribution in [1.29, 1.82) is 0 Å². The molecule has 25 heavy (non-hydrogen) atoms. The topological polar surface area (TPSA) is 119 Å². The van der Waals surface area contributed by atoms with E-state index >= 15 is 0 Å². The zero-order valence-corrected chi connectivity index (χ0v) is 16.2. The van der Waals surface area contributed by atoms with Gasteiger partial charge in [0, 0.05) is 11.3 Å². The van der Waals surface area contributed by atoms with Gasteiger partial charge in [-0.3, -0.25) is 0 Å². The fourth-order valence-electron chi connectivity index (χ4n) is 2.01. The molecule has 2 atom stereocenters. The summed E-state index contributed by atoms with van der Waals surface area (Å²) in [6, 6.07) is 4.91. The Bertz CT molecular complexity index is 956. The summed E-state index contributed by atoms with van der Waals surface area (Å²) in [7, 11) is -7.61. The highest BCUT2D eigenvalue weighted by atomic mass is 35.5. The summed E-state index contributed by atoms with van der Waals surface area (Å²) in [4.78, 5) is -0.0174. The predicted octanol–water partition coefficient (Wildman–Crippen LogP) is 2.19. The van der Waals surface area contributed by atoms with Crippen LogP contribution >= 0.6 is 11.6 Å². The highest BCUT2D eigenvalue weighted by Gasteiger charge is 2.31. The summed E-state index contributed by atoms with van der Waals surface area (Å²) in [6.07, 6.45) is 1.53. The molecule has 0 aliphatic heterocycles. The van der Waals surface area contributed by atoms with E-state index in [1.165, 1.54) is 18.2 Å². The van der Waals surface area contributed by atoms with Crippen LogP contribution in [0.3, 0.4) is 0 Å². The van der Waals surface area contributed by atoms with Crippen molar-refractivity contribution in [2.75, 3.05) is 6.26 Å². The molecular formula is C14H18ClN3O5S2. The van der Waals surface area contributed by atoms with Gasteiger partial charge in [-0.05, 0) is 24.1 Å². The summed E-state index contributed by atoms with van der Waals surface area (Å²) in [6.45, 7) is 3.65. The molecule has 0 fully saturated rings. The van der Waals surface area contributed by atoms with Crippen molar-refractivity contribution in [2.24, 2.45) is 5.92 Å². The molecule has 1 heterocycles. The number of aromatic nitrogens is 2. The van der Waals surface area contributed by atoms with Gasteiger partial charge in [0.05, 0.1) is 4.90 Å². The van der Waals surface area contributed by atoms with Gasteiger partial charge in [-0.15, -0.1) is 5.10 Å². The standard InChI is InChI=1S/C14H18ClN3O5S2/c1-4-9(2)12(13-16-17-14(23-13)24(3,19)20)18-25(21,22)11-7-5-6-10(15)8-11/h5-9,12,18H,4H2,1-3H3/t9-,12+/m1/s1. The minimum atomic E-state index is -3.92. The average molecular weight is 408 g/mol. The Labute approximate surface area is 151 Å². The van der Waals surface area contributed by atoms with Crippen LogP contribution in [0.2, 0.25) is 5.02 Å². The first-order valence-corrected chi connectivity index (χ1v) is 11.1. The van der Waals surface area contributed by atoms with Crippen molar-refractivity contribution in [1.82, 2.24) is 14.9 Å². The molecule has 0 radical (unpaired) electrons. The number of halogens is 1. The first-order chi connectivity index (χ1) is 11.5. The lowest BCUT2D eigenvalue weighted by Gasteiger charge is -2.20. The third-order valence-corrected chi connectivity index (χ3v) is 6.08. The molecule has 8 nitrogen and oxygen atoms in total. The molecule has 0 amide bonds. The summed E-state index contributed by atoms with van der Waals surface area (Å²) < 4.78 is 55.9. The van der Waals surface area contributed by atoms with E-state index in [9.17, 15) is 16.8 Å². The van der Waals surface area contributed by atoms with Gasteiger partial charge in [-0.1, -0.05) is 43.0 Å². The Kier molecular flexibility index (Phi) is 5.87. The van der Waals surface area contributed by atoms with E-state index in [-0.39, 0.29) is 21.7 Å². The van der Waals surface area contributed by atoms with Crippen LogP contribution in [-0.2, 0) is 19.9 Å². The summed E-state index contributed by atoms with van der Waals surface area (Å²) in [5, 5.41) is 6.90. The van der Waals surface area contributed by atoms with Crippen LogP contribution in [-0.4, -0.2) is 33.3 Å². The molecule has 1 N–H and O–H groups in total. The van der Waals surface area contributed by atoms with Gasteiger partial charge in [-0.25, -0.2) is 16.8 Å².